The van der Waals surface area contributed by atoms with E-state index in [1.54, 1.807) is 48.6 Å². The minimum Gasteiger partial charge on any atom is -0.472 e. The highest BCUT2D eigenvalue weighted by molar-refractivity contribution is 5.88. The van der Waals surface area contributed by atoms with Gasteiger partial charge in [-0.2, -0.15) is 0 Å². The Bertz CT molecular complexity index is 1410. The number of esters is 2. The normalized spacial score (nSPS) is 36.0. The van der Waals surface area contributed by atoms with E-state index in [1.807, 2.05) is 24.3 Å². The molecule has 12 heteroatoms. The third-order valence-electron chi connectivity index (χ3n) is 8.21. The van der Waals surface area contributed by atoms with Crippen LogP contribution < -0.4 is 0 Å². The van der Waals surface area contributed by atoms with Crippen molar-refractivity contribution in [3.05, 3.63) is 96.3 Å². The number of aliphatic hydroxyl groups is 5. The van der Waals surface area contributed by atoms with Gasteiger partial charge in [0.1, 0.15) is 41.7 Å². The van der Waals surface area contributed by atoms with Gasteiger partial charge in [-0.15, -0.1) is 0 Å². The van der Waals surface area contributed by atoms with E-state index in [-0.39, 0.29) is 6.42 Å². The zero-order chi connectivity index (χ0) is 32.2. The van der Waals surface area contributed by atoms with Gasteiger partial charge in [-0.1, -0.05) is 60.7 Å². The molecule has 45 heavy (non-hydrogen) atoms. The summed E-state index contributed by atoms with van der Waals surface area (Å²) in [5.41, 5.74) is -2.08. The van der Waals surface area contributed by atoms with Crippen LogP contribution in [0.25, 0.3) is 12.2 Å². The van der Waals surface area contributed by atoms with Gasteiger partial charge in [-0.3, -0.25) is 0 Å². The van der Waals surface area contributed by atoms with Gasteiger partial charge in [0, 0.05) is 18.6 Å². The molecule has 1 aliphatic carbocycles. The maximum atomic E-state index is 13.1. The molecule has 2 aromatic carbocycles. The van der Waals surface area contributed by atoms with Gasteiger partial charge in [0.2, 0.25) is 6.29 Å². The highest BCUT2D eigenvalue weighted by atomic mass is 16.8. The third kappa shape index (κ3) is 7.02. The molecule has 10 atom stereocenters. The summed E-state index contributed by atoms with van der Waals surface area (Å²) in [4.78, 5) is 26.0. The number of hydrogen-bond donors (Lipinski definition) is 5. The summed E-state index contributed by atoms with van der Waals surface area (Å²) >= 11 is 0. The van der Waals surface area contributed by atoms with Crippen molar-refractivity contribution < 1.29 is 58.8 Å². The first-order valence-electron chi connectivity index (χ1n) is 14.5. The van der Waals surface area contributed by atoms with Crippen LogP contribution in [0.4, 0.5) is 0 Å². The van der Waals surface area contributed by atoms with Crippen LogP contribution in [-0.2, 0) is 33.3 Å². The Morgan fingerprint density at radius 3 is 2.09 bits per heavy atom. The molecule has 1 saturated carbocycles. The van der Waals surface area contributed by atoms with Gasteiger partial charge in [-0.05, 0) is 36.3 Å². The Kier molecular flexibility index (Phi) is 9.85. The van der Waals surface area contributed by atoms with Gasteiger partial charge in [0.15, 0.2) is 6.29 Å². The Labute approximate surface area is 259 Å². The topological polar surface area (TPSA) is 181 Å². The summed E-state index contributed by atoms with van der Waals surface area (Å²) in [5, 5.41) is 52.7. The number of carbonyl (C=O) groups is 2. The Morgan fingerprint density at radius 1 is 0.889 bits per heavy atom. The third-order valence-corrected chi connectivity index (χ3v) is 8.21. The second-order valence-corrected chi connectivity index (χ2v) is 11.4. The van der Waals surface area contributed by atoms with E-state index in [1.165, 1.54) is 25.2 Å². The molecule has 5 N–H and O–H groups in total. The van der Waals surface area contributed by atoms with E-state index in [9.17, 15) is 35.1 Å². The van der Waals surface area contributed by atoms with E-state index in [0.29, 0.717) is 0 Å². The molecule has 0 radical (unpaired) electrons. The molecule has 2 aliphatic heterocycles. The number of benzene rings is 2. The summed E-state index contributed by atoms with van der Waals surface area (Å²) in [7, 11) is 0. The van der Waals surface area contributed by atoms with Crippen LogP contribution in [0.15, 0.2) is 85.2 Å². The van der Waals surface area contributed by atoms with E-state index in [0.717, 1.165) is 17.4 Å². The average Bonchev–Trinajstić information content (AvgIpc) is 3.25. The van der Waals surface area contributed by atoms with Gasteiger partial charge < -0.3 is 49.2 Å². The lowest BCUT2D eigenvalue weighted by atomic mass is 9.81. The zero-order valence-electron chi connectivity index (χ0n) is 24.4. The highest BCUT2D eigenvalue weighted by Crippen LogP contribution is 2.52. The van der Waals surface area contributed by atoms with E-state index in [2.05, 4.69) is 0 Å². The molecule has 5 rings (SSSR count). The molecule has 12 nitrogen and oxygen atoms in total. The SMILES string of the molecule is C[C@]1(OC(=O)/C=C/c2ccccc2)C[C@@H](OC(=O)/C=C/c2ccccc2)[C@]2(O)C=CO[C@@H](O[C@@H]3O[C@H](CO)[C@@H](O)[C@H](O)[C@H]3O)[C@H]21. The fourth-order valence-corrected chi connectivity index (χ4v) is 5.93. The van der Waals surface area contributed by atoms with Crippen LogP contribution in [0, 0.1) is 5.92 Å². The number of fused-ring (bicyclic) bond motifs is 1. The smallest absolute Gasteiger partial charge is 0.331 e. The van der Waals surface area contributed by atoms with Gasteiger partial charge in [0.25, 0.3) is 0 Å². The monoisotopic (exact) mass is 624 g/mol. The number of rotatable bonds is 9. The quantitative estimate of drug-likeness (QED) is 0.198. The first-order chi connectivity index (χ1) is 21.5. The van der Waals surface area contributed by atoms with E-state index >= 15 is 0 Å². The molecule has 0 bridgehead atoms. The predicted octanol–water partition coefficient (Wildman–Crippen LogP) is 1.06. The van der Waals surface area contributed by atoms with E-state index < -0.39 is 78.8 Å². The summed E-state index contributed by atoms with van der Waals surface area (Å²) in [5.74, 6) is -2.78. The zero-order valence-corrected chi connectivity index (χ0v) is 24.4. The molecule has 2 fully saturated rings. The largest absolute Gasteiger partial charge is 0.472 e. The summed E-state index contributed by atoms with van der Waals surface area (Å²) in [6.45, 7) is 0.831. The molecule has 0 amide bonds. The van der Waals surface area contributed by atoms with Crippen molar-refractivity contribution in [1.82, 2.24) is 0 Å². The Morgan fingerprint density at radius 2 is 1.49 bits per heavy atom. The molecule has 0 unspecified atom stereocenters. The molecule has 3 aliphatic rings. The summed E-state index contributed by atoms with van der Waals surface area (Å²) in [6.07, 6.45) is -3.02. The molecule has 1 saturated heterocycles. The number of ether oxygens (including phenoxy) is 5. The van der Waals surface area contributed by atoms with Crippen LogP contribution in [0.3, 0.4) is 0 Å². The highest BCUT2D eigenvalue weighted by Gasteiger charge is 2.68. The van der Waals surface area contributed by atoms with Crippen LogP contribution in [0.1, 0.15) is 24.5 Å². The Hall–Kier alpha value is -3.88. The predicted molar refractivity (Wildman–Crippen MR) is 157 cm³/mol. The number of carbonyl (C=O) groups excluding carboxylic acids is 2. The molecule has 0 spiro atoms. The molecule has 240 valence electrons. The molecule has 2 aromatic rings. The van der Waals surface area contributed by atoms with Crippen molar-refractivity contribution in [1.29, 1.82) is 0 Å². The minimum atomic E-state index is -1.99. The molecule has 0 aromatic heterocycles. The maximum Gasteiger partial charge on any atom is 0.331 e. The van der Waals surface area contributed by atoms with Crippen molar-refractivity contribution in [3.63, 3.8) is 0 Å². The lowest BCUT2D eigenvalue weighted by molar-refractivity contribution is -0.351. The van der Waals surface area contributed by atoms with Crippen molar-refractivity contribution in [2.45, 2.75) is 67.6 Å². The van der Waals surface area contributed by atoms with Crippen molar-refractivity contribution >= 4 is 24.1 Å². The maximum absolute atomic E-state index is 13.1. The van der Waals surface area contributed by atoms with Crippen LogP contribution in [-0.4, -0.2) is 98.4 Å². The van der Waals surface area contributed by atoms with Crippen molar-refractivity contribution in [3.8, 4) is 0 Å². The average molecular weight is 625 g/mol. The molecular weight excluding hydrogens is 588 g/mol. The minimum absolute atomic E-state index is 0.174. The fraction of sp³-hybridized carbons (Fsp3) is 0.394. The van der Waals surface area contributed by atoms with Gasteiger partial charge in [0.05, 0.1) is 18.8 Å². The van der Waals surface area contributed by atoms with Crippen molar-refractivity contribution in [2.75, 3.05) is 6.61 Å². The summed E-state index contributed by atoms with van der Waals surface area (Å²) in [6, 6.07) is 18.1. The Balaban J connectivity index is 1.41. The van der Waals surface area contributed by atoms with E-state index in [4.69, 9.17) is 23.7 Å². The fourth-order valence-electron chi connectivity index (χ4n) is 5.93. The number of aliphatic hydroxyl groups excluding tert-OH is 4. The summed E-state index contributed by atoms with van der Waals surface area (Å²) < 4.78 is 28.7. The number of hydrogen-bond acceptors (Lipinski definition) is 12. The lowest BCUT2D eigenvalue weighted by Gasteiger charge is -2.46. The van der Waals surface area contributed by atoms with Gasteiger partial charge in [-0.25, -0.2) is 9.59 Å². The second kappa shape index (κ2) is 13.6. The van der Waals surface area contributed by atoms with Gasteiger partial charge >= 0.3 is 11.9 Å². The molecule has 2 heterocycles. The first-order valence-corrected chi connectivity index (χ1v) is 14.5. The second-order valence-electron chi connectivity index (χ2n) is 11.4. The van der Waals surface area contributed by atoms with Crippen LogP contribution in [0.2, 0.25) is 0 Å². The van der Waals surface area contributed by atoms with Crippen molar-refractivity contribution in [2.24, 2.45) is 5.92 Å². The van der Waals surface area contributed by atoms with Crippen LogP contribution in [0.5, 0.6) is 0 Å². The van der Waals surface area contributed by atoms with Crippen LogP contribution >= 0.6 is 0 Å². The molecular formula is C33H36O12. The lowest BCUT2D eigenvalue weighted by Crippen LogP contribution is -2.62. The standard InChI is InChI=1S/C33H36O12/c1-32(45-25(36)15-13-21-10-6-3-7-11-21)18-23(43-24(35)14-12-20-8-4-2-5-9-20)33(40)16-17-41-31(29(32)33)44-30-28(39)27(38)26(37)22(19-34)42-30/h2-17,22-23,26-31,34,37-40H,18-19H2,1H3/b14-12+,15-13+/t22-,23-,26-,27+,28-,29+,30+,31+,32+,33-/m1/s1. The first kappa shape index (κ1) is 32.5.